The molecule has 0 saturated carbocycles. The Bertz CT molecular complexity index is 1400. The molecule has 1 aliphatic heterocycles. The smallest absolute Gasteiger partial charge is 0.406 e. The molecule has 186 valence electrons. The van der Waals surface area contributed by atoms with Crippen molar-refractivity contribution in [3.05, 3.63) is 48.2 Å². The summed E-state index contributed by atoms with van der Waals surface area (Å²) in [6.45, 7) is 0.698. The SMILES string of the molecule is COc1cc(S(C)(=O)=O)ccc1NCC#Cc1cc(NC2CNC2)c2ccn(CC(F)(F)F)c2c1. The van der Waals surface area contributed by atoms with Gasteiger partial charge in [0.15, 0.2) is 9.84 Å². The van der Waals surface area contributed by atoms with Gasteiger partial charge in [-0.15, -0.1) is 0 Å². The zero-order chi connectivity index (χ0) is 25.2. The topological polar surface area (TPSA) is 84.4 Å². The monoisotopic (exact) mass is 506 g/mol. The first-order valence-electron chi connectivity index (χ1n) is 10.8. The van der Waals surface area contributed by atoms with Crippen molar-refractivity contribution in [2.24, 2.45) is 0 Å². The van der Waals surface area contributed by atoms with Crippen LogP contribution in [-0.4, -0.2) is 58.2 Å². The number of benzene rings is 2. The fraction of sp³-hybridized carbons (Fsp3) is 0.333. The van der Waals surface area contributed by atoms with Crippen LogP contribution in [0.15, 0.2) is 47.5 Å². The molecule has 1 aromatic heterocycles. The van der Waals surface area contributed by atoms with Gasteiger partial charge in [-0.05, 0) is 30.3 Å². The van der Waals surface area contributed by atoms with Gasteiger partial charge < -0.3 is 25.3 Å². The maximum atomic E-state index is 13.1. The second-order valence-electron chi connectivity index (χ2n) is 8.30. The van der Waals surface area contributed by atoms with E-state index >= 15 is 0 Å². The molecule has 0 unspecified atom stereocenters. The molecule has 11 heteroatoms. The van der Waals surface area contributed by atoms with Crippen molar-refractivity contribution in [1.29, 1.82) is 0 Å². The number of halogens is 3. The van der Waals surface area contributed by atoms with Gasteiger partial charge in [0.25, 0.3) is 0 Å². The van der Waals surface area contributed by atoms with Crippen LogP contribution in [-0.2, 0) is 16.4 Å². The van der Waals surface area contributed by atoms with Gasteiger partial charge in [-0.2, -0.15) is 13.2 Å². The molecule has 2 heterocycles. The Morgan fingerprint density at radius 1 is 1.17 bits per heavy atom. The van der Waals surface area contributed by atoms with E-state index in [0.717, 1.165) is 25.0 Å². The van der Waals surface area contributed by atoms with Crippen LogP contribution < -0.4 is 20.7 Å². The fourth-order valence-electron chi connectivity index (χ4n) is 3.76. The van der Waals surface area contributed by atoms with Crippen molar-refractivity contribution in [1.82, 2.24) is 9.88 Å². The first kappa shape index (κ1) is 24.8. The number of hydrogen-bond donors (Lipinski definition) is 3. The number of methoxy groups -OCH3 is 1. The molecule has 0 aliphatic carbocycles. The van der Waals surface area contributed by atoms with Crippen molar-refractivity contribution >= 4 is 32.1 Å². The van der Waals surface area contributed by atoms with E-state index in [9.17, 15) is 21.6 Å². The third-order valence-corrected chi connectivity index (χ3v) is 6.69. The van der Waals surface area contributed by atoms with Gasteiger partial charge in [-0.3, -0.25) is 0 Å². The lowest BCUT2D eigenvalue weighted by molar-refractivity contribution is -0.139. The molecule has 7 nitrogen and oxygen atoms in total. The van der Waals surface area contributed by atoms with Crippen molar-refractivity contribution in [2.75, 3.05) is 43.6 Å². The highest BCUT2D eigenvalue weighted by atomic mass is 32.2. The minimum absolute atomic E-state index is 0.142. The molecule has 0 atom stereocenters. The van der Waals surface area contributed by atoms with Crippen LogP contribution in [0.1, 0.15) is 5.56 Å². The molecule has 35 heavy (non-hydrogen) atoms. The van der Waals surface area contributed by atoms with E-state index in [1.807, 2.05) is 6.07 Å². The van der Waals surface area contributed by atoms with Crippen LogP contribution in [0.5, 0.6) is 5.75 Å². The number of sulfone groups is 1. The van der Waals surface area contributed by atoms with Gasteiger partial charge in [0.05, 0.1) is 35.8 Å². The van der Waals surface area contributed by atoms with Crippen molar-refractivity contribution in [3.8, 4) is 17.6 Å². The molecule has 4 rings (SSSR count). The largest absolute Gasteiger partial charge is 0.495 e. The molecule has 3 N–H and O–H groups in total. The second-order valence-corrected chi connectivity index (χ2v) is 10.3. The number of aromatic nitrogens is 1. The van der Waals surface area contributed by atoms with E-state index < -0.39 is 22.6 Å². The molecule has 2 aromatic carbocycles. The van der Waals surface area contributed by atoms with Crippen LogP contribution in [0.3, 0.4) is 0 Å². The minimum Gasteiger partial charge on any atom is -0.495 e. The van der Waals surface area contributed by atoms with E-state index in [2.05, 4.69) is 27.8 Å². The van der Waals surface area contributed by atoms with E-state index in [4.69, 9.17) is 4.74 Å². The number of alkyl halides is 3. The lowest BCUT2D eigenvalue weighted by atomic mass is 10.1. The van der Waals surface area contributed by atoms with Crippen LogP contribution in [0.4, 0.5) is 24.5 Å². The Hall–Kier alpha value is -3.36. The van der Waals surface area contributed by atoms with E-state index in [1.165, 1.54) is 30.0 Å². The first-order chi connectivity index (χ1) is 16.5. The van der Waals surface area contributed by atoms with Gasteiger partial charge in [-0.1, -0.05) is 11.8 Å². The number of hydrogen-bond acceptors (Lipinski definition) is 6. The standard InChI is InChI=1S/C24H25F3N4O3S/c1-34-23-12-18(35(2,32)33)5-6-20(23)29-8-3-4-16-10-21(30-17-13-28-14-17)19-7-9-31(22(19)11-16)15-24(25,26)27/h5-7,9-12,17,28-30H,8,13-15H2,1-2H3. The summed E-state index contributed by atoms with van der Waals surface area (Å²) in [7, 11) is -1.93. The zero-order valence-corrected chi connectivity index (χ0v) is 20.0. The molecule has 0 amide bonds. The highest BCUT2D eigenvalue weighted by molar-refractivity contribution is 7.90. The van der Waals surface area contributed by atoms with Crippen molar-refractivity contribution in [3.63, 3.8) is 0 Å². The number of fused-ring (bicyclic) bond motifs is 1. The molecule has 1 fully saturated rings. The third kappa shape index (κ3) is 6.01. The molecule has 0 bridgehead atoms. The van der Waals surface area contributed by atoms with Crippen LogP contribution >= 0.6 is 0 Å². The minimum atomic E-state index is -4.34. The first-order valence-corrected chi connectivity index (χ1v) is 12.7. The maximum Gasteiger partial charge on any atom is 0.406 e. The quantitative estimate of drug-likeness (QED) is 0.426. The summed E-state index contributed by atoms with van der Waals surface area (Å²) in [6, 6.07) is 9.89. The van der Waals surface area contributed by atoms with Gasteiger partial charge in [0, 0.05) is 48.2 Å². The van der Waals surface area contributed by atoms with Crippen molar-refractivity contribution < 1.29 is 26.3 Å². The van der Waals surface area contributed by atoms with E-state index in [-0.39, 0.29) is 17.5 Å². The summed E-state index contributed by atoms with van der Waals surface area (Å²) in [6.07, 6.45) is -1.78. The number of nitrogens with one attached hydrogen (secondary N) is 3. The second kappa shape index (κ2) is 9.71. The number of ether oxygens (including phenoxy) is 1. The summed E-state index contributed by atoms with van der Waals surface area (Å²) in [5.74, 6) is 6.35. The molecular formula is C24H25F3N4O3S. The highest BCUT2D eigenvalue weighted by Crippen LogP contribution is 2.30. The van der Waals surface area contributed by atoms with E-state index in [0.29, 0.717) is 27.9 Å². The summed E-state index contributed by atoms with van der Waals surface area (Å²) in [5.41, 5.74) is 2.35. The van der Waals surface area contributed by atoms with Gasteiger partial charge in [0.2, 0.25) is 0 Å². The molecule has 1 aliphatic rings. The van der Waals surface area contributed by atoms with Crippen LogP contribution in [0, 0.1) is 11.8 Å². The van der Waals surface area contributed by atoms with Crippen LogP contribution in [0.25, 0.3) is 10.9 Å². The predicted molar refractivity (Wildman–Crippen MR) is 130 cm³/mol. The summed E-state index contributed by atoms with van der Waals surface area (Å²) < 4.78 is 69.1. The van der Waals surface area contributed by atoms with E-state index in [1.54, 1.807) is 18.2 Å². The summed E-state index contributed by atoms with van der Waals surface area (Å²) >= 11 is 0. The fourth-order valence-corrected chi connectivity index (χ4v) is 4.40. The normalized spacial score (nSPS) is 14.2. The van der Waals surface area contributed by atoms with Gasteiger partial charge >= 0.3 is 6.18 Å². The summed E-state index contributed by atoms with van der Waals surface area (Å²) in [4.78, 5) is 0.142. The third-order valence-electron chi connectivity index (χ3n) is 5.58. The lowest BCUT2D eigenvalue weighted by Gasteiger charge is -2.29. The molecule has 0 spiro atoms. The number of anilines is 2. The zero-order valence-electron chi connectivity index (χ0n) is 19.2. The number of rotatable bonds is 7. The van der Waals surface area contributed by atoms with Gasteiger partial charge in [-0.25, -0.2) is 8.42 Å². The molecule has 1 saturated heterocycles. The number of nitrogens with zero attached hydrogens (tertiary/aromatic N) is 1. The Kier molecular flexibility index (Phi) is 6.87. The highest BCUT2D eigenvalue weighted by Gasteiger charge is 2.28. The Balaban J connectivity index is 1.57. The molecular weight excluding hydrogens is 481 g/mol. The maximum absolute atomic E-state index is 13.1. The molecule has 0 radical (unpaired) electrons. The lowest BCUT2D eigenvalue weighted by Crippen LogP contribution is -2.51. The molecule has 3 aromatic rings. The average Bonchev–Trinajstić information content (AvgIpc) is 3.14. The Labute approximate surface area is 201 Å². The summed E-state index contributed by atoms with van der Waals surface area (Å²) in [5, 5.41) is 10.3. The Morgan fingerprint density at radius 2 is 1.94 bits per heavy atom. The van der Waals surface area contributed by atoms with Crippen molar-refractivity contribution in [2.45, 2.75) is 23.7 Å². The van der Waals surface area contributed by atoms with Gasteiger partial charge in [0.1, 0.15) is 12.3 Å². The van der Waals surface area contributed by atoms with Crippen LogP contribution in [0.2, 0.25) is 0 Å². The Morgan fingerprint density at radius 3 is 2.57 bits per heavy atom. The predicted octanol–water partition coefficient (Wildman–Crippen LogP) is 3.46. The average molecular weight is 507 g/mol.